The molecule has 0 bridgehead atoms. The van der Waals surface area contributed by atoms with E-state index in [2.05, 4.69) is 48.7 Å². The number of pyridine rings is 2. The highest BCUT2D eigenvalue weighted by atomic mass is 35.5. The van der Waals surface area contributed by atoms with Crippen LogP contribution in [0.25, 0.3) is 23.2 Å². The smallest absolute Gasteiger partial charge is 0.157 e. The summed E-state index contributed by atoms with van der Waals surface area (Å²) in [6.45, 7) is 4.09. The first-order chi connectivity index (χ1) is 12.9. The third kappa shape index (κ3) is 3.55. The molecule has 0 radical (unpaired) electrons. The highest BCUT2D eigenvalue weighted by molar-refractivity contribution is 5.98. The second-order valence-electron chi connectivity index (χ2n) is 7.03. The van der Waals surface area contributed by atoms with E-state index in [1.54, 1.807) is 6.20 Å². The summed E-state index contributed by atoms with van der Waals surface area (Å²) in [5.74, 6) is 0.654. The van der Waals surface area contributed by atoms with Crippen molar-refractivity contribution in [3.8, 4) is 0 Å². The highest BCUT2D eigenvalue weighted by Gasteiger charge is 2.31. The van der Waals surface area contributed by atoms with Gasteiger partial charge in [-0.15, -0.1) is 12.4 Å². The van der Waals surface area contributed by atoms with Crippen molar-refractivity contribution in [3.05, 3.63) is 47.5 Å². The van der Waals surface area contributed by atoms with Crippen molar-refractivity contribution in [1.82, 2.24) is 25.5 Å². The molecule has 0 atom stereocenters. The Bertz CT molecular complexity index is 942. The SMILES string of the molecule is C(=C\c1n[nH]c2ncc(C3CC3)c(N3CCNCC3)c12)/c1cccnc1.Cl. The van der Waals surface area contributed by atoms with Crippen molar-refractivity contribution < 1.29 is 0 Å². The Labute approximate surface area is 164 Å². The van der Waals surface area contributed by atoms with Crippen molar-refractivity contribution in [2.45, 2.75) is 18.8 Å². The first kappa shape index (κ1) is 17.9. The molecule has 2 N–H and O–H groups in total. The lowest BCUT2D eigenvalue weighted by Crippen LogP contribution is -2.44. The Hall–Kier alpha value is -2.44. The van der Waals surface area contributed by atoms with E-state index in [-0.39, 0.29) is 12.4 Å². The van der Waals surface area contributed by atoms with Gasteiger partial charge >= 0.3 is 0 Å². The van der Waals surface area contributed by atoms with E-state index in [0.717, 1.165) is 48.5 Å². The summed E-state index contributed by atoms with van der Waals surface area (Å²) in [5.41, 5.74) is 5.61. The second kappa shape index (κ2) is 7.66. The van der Waals surface area contributed by atoms with E-state index in [4.69, 9.17) is 0 Å². The molecule has 3 aromatic rings. The fourth-order valence-electron chi connectivity index (χ4n) is 3.71. The van der Waals surface area contributed by atoms with Gasteiger partial charge in [-0.3, -0.25) is 10.1 Å². The fourth-order valence-corrected chi connectivity index (χ4v) is 3.71. The van der Waals surface area contributed by atoms with Crippen molar-refractivity contribution in [1.29, 1.82) is 0 Å². The molecule has 140 valence electrons. The Morgan fingerprint density at radius 2 is 1.96 bits per heavy atom. The Morgan fingerprint density at radius 3 is 2.70 bits per heavy atom. The lowest BCUT2D eigenvalue weighted by atomic mass is 10.0. The van der Waals surface area contributed by atoms with E-state index in [1.807, 2.05) is 18.3 Å². The van der Waals surface area contributed by atoms with Gasteiger partial charge in [-0.05, 0) is 42.0 Å². The molecular weight excluding hydrogens is 360 g/mol. The molecule has 0 spiro atoms. The Morgan fingerprint density at radius 1 is 1.11 bits per heavy atom. The van der Waals surface area contributed by atoms with Crippen molar-refractivity contribution >= 4 is 41.3 Å². The number of hydrogen-bond donors (Lipinski definition) is 2. The number of anilines is 1. The van der Waals surface area contributed by atoms with Crippen molar-refractivity contribution in [3.63, 3.8) is 0 Å². The number of rotatable bonds is 4. The number of aromatic nitrogens is 4. The first-order valence-electron chi connectivity index (χ1n) is 9.31. The van der Waals surface area contributed by atoms with Crippen LogP contribution in [0.4, 0.5) is 5.69 Å². The van der Waals surface area contributed by atoms with Gasteiger partial charge in [0.05, 0.1) is 16.8 Å². The molecule has 3 aromatic heterocycles. The molecule has 1 saturated carbocycles. The lowest BCUT2D eigenvalue weighted by molar-refractivity contribution is 0.589. The molecular formula is C20H23ClN6. The van der Waals surface area contributed by atoms with Crippen molar-refractivity contribution in [2.24, 2.45) is 0 Å². The fraction of sp³-hybridized carbons (Fsp3) is 0.350. The maximum Gasteiger partial charge on any atom is 0.157 e. The van der Waals surface area contributed by atoms with E-state index in [9.17, 15) is 0 Å². The average Bonchev–Trinajstić information content (AvgIpc) is 3.47. The van der Waals surface area contributed by atoms with Crippen LogP contribution in [0.3, 0.4) is 0 Å². The van der Waals surface area contributed by atoms with E-state index < -0.39 is 0 Å². The molecule has 0 unspecified atom stereocenters. The molecule has 2 fully saturated rings. The first-order valence-corrected chi connectivity index (χ1v) is 9.31. The molecule has 1 aliphatic heterocycles. The van der Waals surface area contributed by atoms with Crippen LogP contribution in [0.1, 0.15) is 35.6 Å². The molecule has 0 aromatic carbocycles. The zero-order valence-electron chi connectivity index (χ0n) is 15.1. The van der Waals surface area contributed by atoms with Gasteiger partial charge in [-0.25, -0.2) is 4.98 Å². The average molecular weight is 383 g/mol. The van der Waals surface area contributed by atoms with E-state index in [1.165, 1.54) is 24.1 Å². The van der Waals surface area contributed by atoms with Gasteiger partial charge in [-0.1, -0.05) is 12.1 Å². The number of hydrogen-bond acceptors (Lipinski definition) is 5. The van der Waals surface area contributed by atoms with Crippen LogP contribution < -0.4 is 10.2 Å². The minimum Gasteiger partial charge on any atom is -0.368 e. The third-order valence-electron chi connectivity index (χ3n) is 5.19. The molecule has 5 rings (SSSR count). The number of nitrogens with zero attached hydrogens (tertiary/aromatic N) is 4. The highest BCUT2D eigenvalue weighted by Crippen LogP contribution is 2.46. The van der Waals surface area contributed by atoms with Crippen LogP contribution in [0, 0.1) is 0 Å². The number of halogens is 1. The summed E-state index contributed by atoms with van der Waals surface area (Å²) >= 11 is 0. The standard InChI is InChI=1S/C20H22N6.ClH/c1-2-14(12-22-7-1)3-6-17-18-19(26-10-8-21-9-11-26)16(15-4-5-15)13-23-20(18)25-24-17;/h1-3,6-7,12-13,15,21H,4-5,8-11H2,(H,23,24,25);1H/b6-3+;. The lowest BCUT2D eigenvalue weighted by Gasteiger charge is -2.31. The molecule has 27 heavy (non-hydrogen) atoms. The molecule has 7 heteroatoms. The minimum atomic E-state index is 0. The van der Waals surface area contributed by atoms with Gasteiger partial charge in [0.2, 0.25) is 0 Å². The molecule has 2 aliphatic rings. The monoisotopic (exact) mass is 382 g/mol. The van der Waals surface area contributed by atoms with Gasteiger partial charge in [0.1, 0.15) is 0 Å². The topological polar surface area (TPSA) is 69.7 Å². The van der Waals surface area contributed by atoms with Gasteiger partial charge in [0, 0.05) is 44.8 Å². The molecule has 6 nitrogen and oxygen atoms in total. The van der Waals surface area contributed by atoms with Gasteiger partial charge in [-0.2, -0.15) is 5.10 Å². The normalized spacial score (nSPS) is 17.4. The molecule has 1 saturated heterocycles. The predicted octanol–water partition coefficient (Wildman–Crippen LogP) is 3.23. The van der Waals surface area contributed by atoms with E-state index >= 15 is 0 Å². The quantitative estimate of drug-likeness (QED) is 0.725. The zero-order valence-corrected chi connectivity index (χ0v) is 15.9. The Balaban J connectivity index is 0.00000180. The predicted molar refractivity (Wildman–Crippen MR) is 111 cm³/mol. The van der Waals surface area contributed by atoms with Crippen LogP contribution >= 0.6 is 12.4 Å². The summed E-state index contributed by atoms with van der Waals surface area (Å²) in [6.07, 6.45) is 12.4. The van der Waals surface area contributed by atoms with Crippen LogP contribution in [0.2, 0.25) is 0 Å². The third-order valence-corrected chi connectivity index (χ3v) is 5.19. The largest absolute Gasteiger partial charge is 0.368 e. The van der Waals surface area contributed by atoms with Crippen molar-refractivity contribution in [2.75, 3.05) is 31.1 Å². The summed E-state index contributed by atoms with van der Waals surface area (Å²) < 4.78 is 0. The molecule has 0 amide bonds. The minimum absolute atomic E-state index is 0. The summed E-state index contributed by atoms with van der Waals surface area (Å²) in [4.78, 5) is 11.3. The van der Waals surface area contributed by atoms with Gasteiger partial charge < -0.3 is 10.2 Å². The van der Waals surface area contributed by atoms with Crippen LogP contribution in [-0.2, 0) is 0 Å². The van der Waals surface area contributed by atoms with Crippen LogP contribution in [0.15, 0.2) is 30.7 Å². The second-order valence-corrected chi connectivity index (χ2v) is 7.03. The number of aromatic amines is 1. The molecule has 1 aliphatic carbocycles. The summed E-state index contributed by atoms with van der Waals surface area (Å²) in [5, 5.41) is 12.3. The zero-order chi connectivity index (χ0) is 17.3. The van der Waals surface area contributed by atoms with Gasteiger partial charge in [0.25, 0.3) is 0 Å². The Kier molecular flexibility index (Phi) is 5.09. The number of piperazine rings is 1. The van der Waals surface area contributed by atoms with Gasteiger partial charge in [0.15, 0.2) is 5.65 Å². The summed E-state index contributed by atoms with van der Waals surface area (Å²) in [6, 6.07) is 3.99. The summed E-state index contributed by atoms with van der Waals surface area (Å²) in [7, 11) is 0. The maximum absolute atomic E-state index is 4.67. The van der Waals surface area contributed by atoms with Crippen LogP contribution in [0.5, 0.6) is 0 Å². The number of nitrogens with one attached hydrogen (secondary N) is 2. The molecule has 4 heterocycles. The maximum atomic E-state index is 4.67. The number of H-pyrrole nitrogens is 1. The van der Waals surface area contributed by atoms with E-state index in [0.29, 0.717) is 5.92 Å². The van der Waals surface area contributed by atoms with Crippen LogP contribution in [-0.4, -0.2) is 46.3 Å². The number of fused-ring (bicyclic) bond motifs is 1.